The highest BCUT2D eigenvalue weighted by atomic mass is 16.5. The molecule has 0 radical (unpaired) electrons. The molecule has 1 aromatic rings. The summed E-state index contributed by atoms with van der Waals surface area (Å²) in [5.74, 6) is -0.915. The number of benzene rings is 1. The SMILES string of the molecule is COC(=O)C(C)N1C(=O)C2Cc3ccccc3CN2C1=O. The smallest absolute Gasteiger partial charge is 0.328 e. The van der Waals surface area contributed by atoms with E-state index in [9.17, 15) is 14.4 Å². The van der Waals surface area contributed by atoms with Gasteiger partial charge in [0.2, 0.25) is 0 Å². The van der Waals surface area contributed by atoms with E-state index in [2.05, 4.69) is 4.74 Å². The number of carbonyl (C=O) groups excluding carboxylic acids is 3. The van der Waals surface area contributed by atoms with Crippen LogP contribution >= 0.6 is 0 Å². The maximum atomic E-state index is 12.5. The van der Waals surface area contributed by atoms with Crippen LogP contribution in [0, 0.1) is 0 Å². The number of methoxy groups -OCH3 is 1. The molecule has 1 aromatic carbocycles. The molecule has 6 heteroatoms. The summed E-state index contributed by atoms with van der Waals surface area (Å²) in [6.45, 7) is 1.91. The van der Waals surface area contributed by atoms with Crippen molar-refractivity contribution in [2.45, 2.75) is 32.0 Å². The summed E-state index contributed by atoms with van der Waals surface area (Å²) in [7, 11) is 1.24. The fraction of sp³-hybridized carbons (Fsp3) is 0.400. The normalized spacial score (nSPS) is 21.9. The fourth-order valence-corrected chi connectivity index (χ4v) is 2.97. The van der Waals surface area contributed by atoms with E-state index in [0.29, 0.717) is 13.0 Å². The Labute approximate surface area is 122 Å². The maximum Gasteiger partial charge on any atom is 0.328 e. The van der Waals surface area contributed by atoms with Gasteiger partial charge in [-0.1, -0.05) is 24.3 Å². The molecule has 2 atom stereocenters. The molecule has 2 heterocycles. The number of carbonyl (C=O) groups is 3. The predicted molar refractivity (Wildman–Crippen MR) is 73.2 cm³/mol. The minimum Gasteiger partial charge on any atom is -0.467 e. The van der Waals surface area contributed by atoms with Crippen LogP contribution in [0.25, 0.3) is 0 Å². The molecule has 2 aliphatic heterocycles. The Kier molecular flexibility index (Phi) is 3.16. The number of nitrogens with zero attached hydrogens (tertiary/aromatic N) is 2. The van der Waals surface area contributed by atoms with Crippen molar-refractivity contribution in [3.63, 3.8) is 0 Å². The summed E-state index contributed by atoms with van der Waals surface area (Å²) in [4.78, 5) is 39.1. The van der Waals surface area contributed by atoms with Crippen molar-refractivity contribution in [3.8, 4) is 0 Å². The second-order valence-corrected chi connectivity index (χ2v) is 5.31. The van der Waals surface area contributed by atoms with Gasteiger partial charge in [-0.25, -0.2) is 14.5 Å². The van der Waals surface area contributed by atoms with Gasteiger partial charge in [-0.2, -0.15) is 0 Å². The van der Waals surface area contributed by atoms with Gasteiger partial charge >= 0.3 is 12.0 Å². The lowest BCUT2D eigenvalue weighted by molar-refractivity contribution is -0.149. The molecule has 0 saturated carbocycles. The first kappa shape index (κ1) is 13.6. The third-order valence-corrected chi connectivity index (χ3v) is 4.15. The predicted octanol–water partition coefficient (Wildman–Crippen LogP) is 0.937. The van der Waals surface area contributed by atoms with Gasteiger partial charge in [0, 0.05) is 13.0 Å². The van der Waals surface area contributed by atoms with E-state index in [1.165, 1.54) is 18.9 Å². The number of rotatable bonds is 2. The van der Waals surface area contributed by atoms with Crippen LogP contribution in [-0.4, -0.2) is 46.9 Å². The molecule has 1 fully saturated rings. The van der Waals surface area contributed by atoms with Gasteiger partial charge in [-0.05, 0) is 18.1 Å². The van der Waals surface area contributed by atoms with Gasteiger partial charge in [0.15, 0.2) is 0 Å². The maximum absolute atomic E-state index is 12.5. The van der Waals surface area contributed by atoms with Crippen LogP contribution < -0.4 is 0 Å². The number of esters is 1. The molecule has 6 nitrogen and oxygen atoms in total. The van der Waals surface area contributed by atoms with Crippen LogP contribution in [-0.2, 0) is 27.3 Å². The zero-order chi connectivity index (χ0) is 15.1. The number of urea groups is 1. The number of hydrogen-bond donors (Lipinski definition) is 0. The molecule has 21 heavy (non-hydrogen) atoms. The molecule has 110 valence electrons. The number of imide groups is 1. The molecule has 1 saturated heterocycles. The van der Waals surface area contributed by atoms with Crippen molar-refractivity contribution >= 4 is 17.9 Å². The van der Waals surface area contributed by atoms with Gasteiger partial charge < -0.3 is 9.64 Å². The van der Waals surface area contributed by atoms with Crippen molar-refractivity contribution in [3.05, 3.63) is 35.4 Å². The van der Waals surface area contributed by atoms with E-state index in [1.54, 1.807) is 0 Å². The highest BCUT2D eigenvalue weighted by Gasteiger charge is 2.50. The highest BCUT2D eigenvalue weighted by molar-refractivity contribution is 6.07. The van der Waals surface area contributed by atoms with Crippen LogP contribution in [0.15, 0.2) is 24.3 Å². The lowest BCUT2D eigenvalue weighted by atomic mass is 9.95. The average Bonchev–Trinajstić information content (AvgIpc) is 2.75. The van der Waals surface area contributed by atoms with Crippen molar-refractivity contribution in [1.82, 2.24) is 9.80 Å². The Morgan fingerprint density at radius 2 is 1.95 bits per heavy atom. The van der Waals surface area contributed by atoms with Gasteiger partial charge in [-0.15, -0.1) is 0 Å². The first-order valence-corrected chi connectivity index (χ1v) is 6.83. The summed E-state index contributed by atoms with van der Waals surface area (Å²) in [5.41, 5.74) is 2.12. The van der Waals surface area contributed by atoms with E-state index in [4.69, 9.17) is 0 Å². The van der Waals surface area contributed by atoms with E-state index in [1.807, 2.05) is 24.3 Å². The molecule has 0 bridgehead atoms. The second-order valence-electron chi connectivity index (χ2n) is 5.31. The Morgan fingerprint density at radius 3 is 2.62 bits per heavy atom. The highest BCUT2D eigenvalue weighted by Crippen LogP contribution is 2.31. The summed E-state index contributed by atoms with van der Waals surface area (Å²) in [6.07, 6.45) is 0.491. The first-order chi connectivity index (χ1) is 10.0. The monoisotopic (exact) mass is 288 g/mol. The molecule has 3 amide bonds. The second kappa shape index (κ2) is 4.87. The van der Waals surface area contributed by atoms with E-state index in [-0.39, 0.29) is 5.91 Å². The third kappa shape index (κ3) is 1.98. The number of fused-ring (bicyclic) bond motifs is 2. The molecule has 0 aliphatic carbocycles. The number of amides is 3. The quantitative estimate of drug-likeness (QED) is 0.600. The van der Waals surface area contributed by atoms with Gasteiger partial charge in [0.25, 0.3) is 5.91 Å². The van der Waals surface area contributed by atoms with Crippen molar-refractivity contribution in [2.24, 2.45) is 0 Å². The summed E-state index contributed by atoms with van der Waals surface area (Å²) < 4.78 is 4.63. The minimum absolute atomic E-state index is 0.326. The Hall–Kier alpha value is -2.37. The largest absolute Gasteiger partial charge is 0.467 e. The van der Waals surface area contributed by atoms with Gasteiger partial charge in [-0.3, -0.25) is 4.79 Å². The van der Waals surface area contributed by atoms with Crippen LogP contribution in [0.2, 0.25) is 0 Å². The molecule has 0 aromatic heterocycles. The van der Waals surface area contributed by atoms with Crippen molar-refractivity contribution in [2.75, 3.05) is 7.11 Å². The van der Waals surface area contributed by atoms with Crippen molar-refractivity contribution in [1.29, 1.82) is 0 Å². The molecule has 2 aliphatic rings. The van der Waals surface area contributed by atoms with Crippen LogP contribution in [0.3, 0.4) is 0 Å². The zero-order valence-electron chi connectivity index (χ0n) is 11.9. The Bertz CT molecular complexity index is 585. The fourth-order valence-electron chi connectivity index (χ4n) is 2.97. The van der Waals surface area contributed by atoms with E-state index in [0.717, 1.165) is 16.0 Å². The summed E-state index contributed by atoms with van der Waals surface area (Å²) in [6, 6.07) is 5.92. The molecular formula is C15H16N2O4. The van der Waals surface area contributed by atoms with Gasteiger partial charge in [0.1, 0.15) is 12.1 Å². The third-order valence-electron chi connectivity index (χ3n) is 4.15. The standard InChI is InChI=1S/C15H16N2O4/c1-9(14(19)21-2)17-13(18)12-7-10-5-3-4-6-11(10)8-16(12)15(17)20/h3-6,9,12H,7-8H2,1-2H3. The molecule has 2 unspecified atom stereocenters. The van der Waals surface area contributed by atoms with Crippen LogP contribution in [0.5, 0.6) is 0 Å². The van der Waals surface area contributed by atoms with Gasteiger partial charge in [0.05, 0.1) is 7.11 Å². The van der Waals surface area contributed by atoms with Crippen LogP contribution in [0.4, 0.5) is 4.79 Å². The van der Waals surface area contributed by atoms with E-state index < -0.39 is 24.1 Å². The van der Waals surface area contributed by atoms with Crippen LogP contribution in [0.1, 0.15) is 18.1 Å². The lowest BCUT2D eigenvalue weighted by Gasteiger charge is -2.28. The number of ether oxygens (including phenoxy) is 1. The molecular weight excluding hydrogens is 272 g/mol. The first-order valence-electron chi connectivity index (χ1n) is 6.83. The molecule has 3 rings (SSSR count). The zero-order valence-corrected chi connectivity index (χ0v) is 11.9. The van der Waals surface area contributed by atoms with E-state index >= 15 is 0 Å². The Balaban J connectivity index is 1.91. The average molecular weight is 288 g/mol. The minimum atomic E-state index is -0.899. The van der Waals surface area contributed by atoms with Crippen molar-refractivity contribution < 1.29 is 19.1 Å². The molecule has 0 spiro atoms. The number of hydrogen-bond acceptors (Lipinski definition) is 4. The summed E-state index contributed by atoms with van der Waals surface area (Å²) in [5, 5.41) is 0. The molecule has 0 N–H and O–H groups in total. The topological polar surface area (TPSA) is 66.9 Å². The Morgan fingerprint density at radius 1 is 1.29 bits per heavy atom. The summed E-state index contributed by atoms with van der Waals surface area (Å²) >= 11 is 0. The lowest BCUT2D eigenvalue weighted by Crippen LogP contribution is -2.44.